The van der Waals surface area contributed by atoms with Gasteiger partial charge in [-0.1, -0.05) is 35.3 Å². The summed E-state index contributed by atoms with van der Waals surface area (Å²) >= 11 is 5.71. The molecule has 0 saturated carbocycles. The number of benzene rings is 1. The van der Waals surface area contributed by atoms with Crippen molar-refractivity contribution in [2.75, 3.05) is 0 Å². The Morgan fingerprint density at radius 3 is 1.90 bits per heavy atom. The van der Waals surface area contributed by atoms with Gasteiger partial charge in [-0.05, 0) is 6.07 Å². The summed E-state index contributed by atoms with van der Waals surface area (Å²) in [5.41, 5.74) is 1.13. The third-order valence-electron chi connectivity index (χ3n) is 1.08. The first-order valence-corrected chi connectivity index (χ1v) is 2.89. The molecule has 0 bridgehead atoms. The zero-order valence-electron chi connectivity index (χ0n) is 5.69. The van der Waals surface area contributed by atoms with E-state index in [1.165, 1.54) is 0 Å². The average Bonchev–Trinajstić information content (AvgIpc) is 1.77. The lowest BCUT2D eigenvalue weighted by molar-refractivity contribution is 0.823. The van der Waals surface area contributed by atoms with E-state index in [1.807, 2.05) is 32.1 Å². The first-order chi connectivity index (χ1) is 3.80. The average molecular weight is 160 g/mol. The molecule has 0 spiro atoms. The molecule has 56 valence electrons. The van der Waals surface area contributed by atoms with Crippen molar-refractivity contribution in [3.05, 3.63) is 29.3 Å². The molecular weight excluding hydrogens is 150 g/mol. The molecule has 1 aromatic carbocycles. The normalized spacial score (nSPS) is 7.30. The molecule has 0 fully saturated rings. The van der Waals surface area contributed by atoms with Gasteiger partial charge in [0.25, 0.3) is 0 Å². The zero-order chi connectivity index (χ0) is 5.98. The molecular formula is C6H10BClO2. The predicted octanol–water partition coefficient (Wildman–Crippen LogP) is -1.05. The third kappa shape index (κ3) is 2.87. The van der Waals surface area contributed by atoms with E-state index >= 15 is 0 Å². The molecule has 1 rings (SSSR count). The smallest absolute Gasteiger partial charge is 0.141 e. The number of rotatable bonds is 0. The van der Waals surface area contributed by atoms with Crippen LogP contribution in [0.1, 0.15) is 0 Å². The first-order valence-electron chi connectivity index (χ1n) is 2.52. The van der Waals surface area contributed by atoms with E-state index in [0.29, 0.717) is 0 Å². The maximum Gasteiger partial charge on any atom is 0.141 e. The summed E-state index contributed by atoms with van der Waals surface area (Å²) < 4.78 is 0. The van der Waals surface area contributed by atoms with Gasteiger partial charge in [0, 0.05) is 5.02 Å². The lowest BCUT2D eigenvalue weighted by Crippen LogP contribution is -2.00. The molecule has 0 aliphatic rings. The summed E-state index contributed by atoms with van der Waals surface area (Å²) in [7, 11) is 1.99. The van der Waals surface area contributed by atoms with Gasteiger partial charge in [0.1, 0.15) is 7.85 Å². The first kappa shape index (κ1) is 12.2. The quantitative estimate of drug-likeness (QED) is 0.435. The Morgan fingerprint density at radius 2 is 1.60 bits per heavy atom. The molecule has 0 aliphatic heterocycles. The van der Waals surface area contributed by atoms with Gasteiger partial charge < -0.3 is 11.0 Å². The van der Waals surface area contributed by atoms with E-state index in [4.69, 9.17) is 11.6 Å². The van der Waals surface area contributed by atoms with E-state index < -0.39 is 0 Å². The molecule has 0 aliphatic carbocycles. The molecule has 1 aromatic rings. The second-order valence-electron chi connectivity index (χ2n) is 1.75. The van der Waals surface area contributed by atoms with Crippen molar-refractivity contribution in [1.29, 1.82) is 0 Å². The van der Waals surface area contributed by atoms with Crippen molar-refractivity contribution in [2.45, 2.75) is 0 Å². The standard InChI is InChI=1S/C6H6BCl.2H2O/c7-5-3-1-2-4-6(5)8;;/h1-4H,7H2;2*1H2. The Kier molecular flexibility index (Phi) is 6.46. The molecule has 2 nitrogen and oxygen atoms in total. The fraction of sp³-hybridized carbons (Fsp3) is 0. The topological polar surface area (TPSA) is 63.0 Å². The van der Waals surface area contributed by atoms with Crippen molar-refractivity contribution in [2.24, 2.45) is 0 Å². The molecule has 4 heteroatoms. The monoisotopic (exact) mass is 160 g/mol. The van der Waals surface area contributed by atoms with Crippen molar-refractivity contribution in [3.63, 3.8) is 0 Å². The summed E-state index contributed by atoms with van der Waals surface area (Å²) in [4.78, 5) is 0. The van der Waals surface area contributed by atoms with Crippen LogP contribution in [0.4, 0.5) is 0 Å². The van der Waals surface area contributed by atoms with E-state index in [9.17, 15) is 0 Å². The van der Waals surface area contributed by atoms with E-state index in [-0.39, 0.29) is 11.0 Å². The van der Waals surface area contributed by atoms with E-state index in [0.717, 1.165) is 10.5 Å². The van der Waals surface area contributed by atoms with Crippen molar-refractivity contribution in [1.82, 2.24) is 0 Å². The van der Waals surface area contributed by atoms with Crippen LogP contribution in [0.3, 0.4) is 0 Å². The number of hydrogen-bond acceptors (Lipinski definition) is 0. The van der Waals surface area contributed by atoms with Crippen molar-refractivity contribution in [3.8, 4) is 0 Å². The Morgan fingerprint density at radius 1 is 1.10 bits per heavy atom. The van der Waals surface area contributed by atoms with Gasteiger partial charge >= 0.3 is 0 Å². The highest BCUT2D eigenvalue weighted by molar-refractivity contribution is 6.44. The van der Waals surface area contributed by atoms with E-state index in [1.54, 1.807) is 0 Å². The zero-order valence-corrected chi connectivity index (χ0v) is 6.44. The Labute approximate surface area is 65.8 Å². The lowest BCUT2D eigenvalue weighted by Gasteiger charge is -1.91. The van der Waals surface area contributed by atoms with Gasteiger partial charge in [0.15, 0.2) is 0 Å². The van der Waals surface area contributed by atoms with Crippen LogP contribution < -0.4 is 5.46 Å². The van der Waals surface area contributed by atoms with Gasteiger partial charge in [-0.2, -0.15) is 0 Å². The van der Waals surface area contributed by atoms with Crippen molar-refractivity contribution >= 4 is 24.9 Å². The van der Waals surface area contributed by atoms with Gasteiger partial charge in [-0.25, -0.2) is 0 Å². The molecule has 0 atom stereocenters. The highest BCUT2D eigenvalue weighted by Crippen LogP contribution is 2.00. The lowest BCUT2D eigenvalue weighted by atomic mass is 9.97. The Balaban J connectivity index is 0. The van der Waals surface area contributed by atoms with Crippen LogP contribution in [0.25, 0.3) is 0 Å². The molecule has 0 unspecified atom stereocenters. The maximum atomic E-state index is 5.71. The van der Waals surface area contributed by atoms with Gasteiger partial charge in [0.2, 0.25) is 0 Å². The summed E-state index contributed by atoms with van der Waals surface area (Å²) in [6.07, 6.45) is 0. The minimum atomic E-state index is 0. The SMILES string of the molecule is Bc1ccccc1Cl.O.O. The summed E-state index contributed by atoms with van der Waals surface area (Å²) in [6.45, 7) is 0. The minimum Gasteiger partial charge on any atom is -0.412 e. The van der Waals surface area contributed by atoms with Crippen LogP contribution in [-0.4, -0.2) is 18.8 Å². The largest absolute Gasteiger partial charge is 0.412 e. The van der Waals surface area contributed by atoms with Crippen LogP contribution in [0, 0.1) is 0 Å². The van der Waals surface area contributed by atoms with Crippen LogP contribution in [0.2, 0.25) is 5.02 Å². The molecule has 10 heavy (non-hydrogen) atoms. The highest BCUT2D eigenvalue weighted by Gasteiger charge is 1.86. The molecule has 0 aromatic heterocycles. The predicted molar refractivity (Wildman–Crippen MR) is 46.9 cm³/mol. The summed E-state index contributed by atoms with van der Waals surface area (Å²) in [5, 5.41) is 0.840. The van der Waals surface area contributed by atoms with Crippen LogP contribution in [-0.2, 0) is 0 Å². The molecule has 4 N–H and O–H groups in total. The van der Waals surface area contributed by atoms with Crippen LogP contribution >= 0.6 is 11.6 Å². The van der Waals surface area contributed by atoms with Crippen molar-refractivity contribution < 1.29 is 11.0 Å². The molecule has 0 saturated heterocycles. The molecule has 0 radical (unpaired) electrons. The van der Waals surface area contributed by atoms with Crippen LogP contribution in [0.5, 0.6) is 0 Å². The number of halogens is 1. The van der Waals surface area contributed by atoms with E-state index in [2.05, 4.69) is 0 Å². The second-order valence-corrected chi connectivity index (χ2v) is 2.16. The second kappa shape index (κ2) is 5.29. The fourth-order valence-electron chi connectivity index (χ4n) is 0.551. The summed E-state index contributed by atoms with van der Waals surface area (Å²) in [6, 6.07) is 7.77. The third-order valence-corrected chi connectivity index (χ3v) is 1.50. The summed E-state index contributed by atoms with van der Waals surface area (Å²) in [5.74, 6) is 0. The molecule has 0 heterocycles. The van der Waals surface area contributed by atoms with Crippen LogP contribution in [0.15, 0.2) is 24.3 Å². The van der Waals surface area contributed by atoms with Gasteiger partial charge in [0.05, 0.1) is 0 Å². The molecule has 0 amide bonds. The van der Waals surface area contributed by atoms with Gasteiger partial charge in [-0.15, -0.1) is 0 Å². The maximum absolute atomic E-state index is 5.71. The van der Waals surface area contributed by atoms with Gasteiger partial charge in [-0.3, -0.25) is 0 Å². The Hall–Kier alpha value is -0.505. The fourth-order valence-corrected chi connectivity index (χ4v) is 0.687. The Bertz CT molecular complexity index is 172. The highest BCUT2D eigenvalue weighted by atomic mass is 35.5. The minimum absolute atomic E-state index is 0. The number of hydrogen-bond donors (Lipinski definition) is 0.